The van der Waals surface area contributed by atoms with Gasteiger partial charge < -0.3 is 20.4 Å². The first-order valence-corrected chi connectivity index (χ1v) is 13.8. The molecule has 2 amide bonds. The Balaban J connectivity index is 1.53. The van der Waals surface area contributed by atoms with Crippen LogP contribution in [0.15, 0.2) is 51.7 Å². The van der Waals surface area contributed by atoms with Crippen LogP contribution in [0.2, 0.25) is 0 Å². The lowest BCUT2D eigenvalue weighted by atomic mass is 9.98. The van der Waals surface area contributed by atoms with Gasteiger partial charge in [-0.3, -0.25) is 14.4 Å². The number of likely N-dealkylation sites (tertiary alicyclic amines) is 1. The number of hydrogen-bond donors (Lipinski definition) is 2. The minimum Gasteiger partial charge on any atom is -0.355 e. The normalized spacial score (nSPS) is 17.5. The van der Waals surface area contributed by atoms with Gasteiger partial charge in [-0.1, -0.05) is 15.9 Å². The number of likely N-dealkylation sites (N-methyl/N-ethyl adjacent to an activating group) is 1. The summed E-state index contributed by atoms with van der Waals surface area (Å²) in [6.45, 7) is 3.21. The van der Waals surface area contributed by atoms with Gasteiger partial charge in [-0.05, 0) is 62.9 Å². The van der Waals surface area contributed by atoms with Crippen LogP contribution in [0.3, 0.4) is 0 Å². The molecule has 2 N–H and O–H groups in total. The molecule has 0 bridgehead atoms. The van der Waals surface area contributed by atoms with Crippen LogP contribution in [-0.4, -0.2) is 70.4 Å². The number of benzene rings is 2. The highest BCUT2D eigenvalue weighted by molar-refractivity contribution is 9.10. The lowest BCUT2D eigenvalue weighted by Gasteiger charge is -2.38. The fraction of sp³-hybridized carbons (Fsp3) is 0.357. The largest absolute Gasteiger partial charge is 0.417 e. The molecule has 1 fully saturated rings. The first kappa shape index (κ1) is 28.8. The van der Waals surface area contributed by atoms with E-state index < -0.39 is 23.7 Å². The number of fused-ring (bicyclic) bond motifs is 1. The van der Waals surface area contributed by atoms with Crippen LogP contribution in [0.25, 0.3) is 5.69 Å². The average Bonchev–Trinajstić information content (AvgIpc) is 2.91. The Hall–Kier alpha value is -3.71. The Kier molecular flexibility index (Phi) is 7.68. The summed E-state index contributed by atoms with van der Waals surface area (Å²) in [6.07, 6.45) is -4.45. The van der Waals surface area contributed by atoms with Crippen molar-refractivity contribution in [2.75, 3.05) is 32.5 Å². The zero-order chi connectivity index (χ0) is 29.6. The number of alkyl halides is 3. The molecule has 2 aliphatic heterocycles. The van der Waals surface area contributed by atoms with Gasteiger partial charge in [0.2, 0.25) is 5.95 Å². The summed E-state index contributed by atoms with van der Waals surface area (Å²) >= 11 is 2.91. The first-order valence-electron chi connectivity index (χ1n) is 13.0. The maximum absolute atomic E-state index is 13.9. The molecule has 3 aromatic rings. The Morgan fingerprint density at radius 3 is 2.34 bits per heavy atom. The molecule has 5 rings (SSSR count). The van der Waals surface area contributed by atoms with Gasteiger partial charge in [0.15, 0.2) is 0 Å². The molecule has 1 aromatic heterocycles. The molecule has 3 heterocycles. The lowest BCUT2D eigenvalue weighted by molar-refractivity contribution is -0.138. The molecule has 0 spiro atoms. The smallest absolute Gasteiger partial charge is 0.355 e. The van der Waals surface area contributed by atoms with Crippen LogP contribution in [0.1, 0.15) is 44.5 Å². The van der Waals surface area contributed by atoms with Gasteiger partial charge in [0, 0.05) is 47.3 Å². The summed E-state index contributed by atoms with van der Waals surface area (Å²) < 4.78 is 41.8. The maximum atomic E-state index is 13.9. The van der Waals surface area contributed by atoms with Crippen LogP contribution in [-0.2, 0) is 19.1 Å². The number of nitrogens with zero attached hydrogens (tertiary/aromatic N) is 4. The van der Waals surface area contributed by atoms with Crippen molar-refractivity contribution in [1.82, 2.24) is 24.7 Å². The highest BCUT2D eigenvalue weighted by atomic mass is 79.9. The zero-order valence-electron chi connectivity index (χ0n) is 22.6. The third-order valence-electron chi connectivity index (χ3n) is 7.41. The molecule has 41 heavy (non-hydrogen) atoms. The molecule has 216 valence electrons. The first-order chi connectivity index (χ1) is 19.4. The van der Waals surface area contributed by atoms with Crippen molar-refractivity contribution in [2.45, 2.75) is 38.1 Å². The predicted octanol–water partition coefficient (Wildman–Crippen LogP) is 3.69. The number of anilines is 1. The predicted molar refractivity (Wildman–Crippen MR) is 150 cm³/mol. The Bertz CT molecular complexity index is 1570. The van der Waals surface area contributed by atoms with E-state index in [4.69, 9.17) is 4.98 Å². The Morgan fingerprint density at radius 2 is 1.73 bits per heavy atom. The number of hydrogen-bond acceptors (Lipinski definition) is 6. The summed E-state index contributed by atoms with van der Waals surface area (Å²) in [5.41, 5.74) is 0.441. The van der Waals surface area contributed by atoms with Crippen molar-refractivity contribution in [3.8, 4) is 5.69 Å². The van der Waals surface area contributed by atoms with Gasteiger partial charge in [-0.15, -0.1) is 0 Å². The van der Waals surface area contributed by atoms with E-state index in [9.17, 15) is 27.6 Å². The quantitative estimate of drug-likeness (QED) is 0.445. The van der Waals surface area contributed by atoms with Gasteiger partial charge in [0.05, 0.1) is 29.5 Å². The van der Waals surface area contributed by atoms with Crippen LogP contribution in [0.5, 0.6) is 0 Å². The van der Waals surface area contributed by atoms with Crippen LogP contribution >= 0.6 is 15.9 Å². The summed E-state index contributed by atoms with van der Waals surface area (Å²) in [6, 6.07) is 9.56. The van der Waals surface area contributed by atoms with Gasteiger partial charge >= 0.3 is 6.18 Å². The zero-order valence-corrected chi connectivity index (χ0v) is 24.1. The van der Waals surface area contributed by atoms with Gasteiger partial charge in [-0.25, -0.2) is 9.55 Å². The summed E-state index contributed by atoms with van der Waals surface area (Å²) in [5, 5.41) is 5.90. The molecular weight excluding hydrogens is 605 g/mol. The highest BCUT2D eigenvalue weighted by Crippen LogP contribution is 2.36. The maximum Gasteiger partial charge on any atom is 0.417 e. The van der Waals surface area contributed by atoms with E-state index in [-0.39, 0.29) is 40.5 Å². The molecule has 1 saturated heterocycles. The second-order valence-corrected chi connectivity index (χ2v) is 11.2. The van der Waals surface area contributed by atoms with E-state index in [1.54, 1.807) is 31.2 Å². The Labute approximate surface area is 242 Å². The van der Waals surface area contributed by atoms with Crippen LogP contribution in [0.4, 0.5) is 19.1 Å². The fourth-order valence-corrected chi connectivity index (χ4v) is 5.66. The average molecular weight is 633 g/mol. The second kappa shape index (κ2) is 10.9. The molecule has 2 aromatic carbocycles. The minimum absolute atomic E-state index is 0.0301. The van der Waals surface area contributed by atoms with E-state index in [0.29, 0.717) is 28.5 Å². The third-order valence-corrected chi connectivity index (χ3v) is 8.10. The van der Waals surface area contributed by atoms with E-state index in [1.807, 2.05) is 7.05 Å². The topological polar surface area (TPSA) is 99.6 Å². The molecule has 2 aliphatic rings. The molecule has 9 nitrogen and oxygen atoms in total. The molecule has 0 radical (unpaired) electrons. The number of nitrogens with one attached hydrogen (secondary N) is 2. The van der Waals surface area contributed by atoms with Crippen molar-refractivity contribution in [1.29, 1.82) is 0 Å². The molecule has 0 aliphatic carbocycles. The van der Waals surface area contributed by atoms with Gasteiger partial charge in [-0.2, -0.15) is 13.2 Å². The van der Waals surface area contributed by atoms with Crippen molar-refractivity contribution in [2.24, 2.45) is 0 Å². The van der Waals surface area contributed by atoms with E-state index in [1.165, 1.54) is 28.6 Å². The second-order valence-electron chi connectivity index (χ2n) is 10.4. The monoisotopic (exact) mass is 632 g/mol. The molecular formula is C28H28BrF3N6O3. The van der Waals surface area contributed by atoms with Crippen molar-refractivity contribution < 1.29 is 22.8 Å². The van der Waals surface area contributed by atoms with E-state index in [2.05, 4.69) is 31.5 Å². The summed E-state index contributed by atoms with van der Waals surface area (Å²) in [5.74, 6) is -0.536. The van der Waals surface area contributed by atoms with Gasteiger partial charge in [0.25, 0.3) is 17.4 Å². The van der Waals surface area contributed by atoms with Crippen molar-refractivity contribution in [3.63, 3.8) is 0 Å². The standard InChI is InChI=1S/C28H28BrF3N6O3/c1-15-10-20-23(14-37(15)25(40)17-6-9-22(29)21(11-17)28(30,31)32)35-27(34-18-12-36(3)13-18)38(26(20)41)19-7-4-16(5-8-19)24(39)33-2/h4-9,11,15,18H,10,12-14H2,1-3H3,(H,33,39)(H,34,35)/t15-/m1/s1. The van der Waals surface area contributed by atoms with Crippen LogP contribution < -0.4 is 16.2 Å². The number of halogens is 4. The highest BCUT2D eigenvalue weighted by Gasteiger charge is 2.36. The number of amides is 2. The number of aromatic nitrogens is 2. The van der Waals surface area contributed by atoms with E-state index in [0.717, 1.165) is 19.2 Å². The number of carbonyl (C=O) groups is 2. The Morgan fingerprint density at radius 1 is 1.07 bits per heavy atom. The lowest BCUT2D eigenvalue weighted by Crippen LogP contribution is -2.53. The van der Waals surface area contributed by atoms with Crippen molar-refractivity contribution >= 4 is 33.7 Å². The van der Waals surface area contributed by atoms with E-state index >= 15 is 0 Å². The molecule has 13 heteroatoms. The van der Waals surface area contributed by atoms with Gasteiger partial charge in [0.1, 0.15) is 0 Å². The number of carbonyl (C=O) groups excluding carboxylic acids is 2. The minimum atomic E-state index is -4.63. The molecule has 0 unspecified atom stereocenters. The summed E-state index contributed by atoms with van der Waals surface area (Å²) in [7, 11) is 3.51. The number of rotatable bonds is 5. The molecule has 0 saturated carbocycles. The van der Waals surface area contributed by atoms with Crippen molar-refractivity contribution in [3.05, 3.63) is 85.2 Å². The third kappa shape index (κ3) is 5.60. The fourth-order valence-electron chi connectivity index (χ4n) is 5.19. The summed E-state index contributed by atoms with van der Waals surface area (Å²) in [4.78, 5) is 47.7. The molecule has 1 atom stereocenters. The SMILES string of the molecule is CNC(=O)c1ccc(-n2c(NC3CN(C)C3)nc3c(c2=O)C[C@@H](C)N(C(=O)c2ccc(Br)c(C(F)(F)F)c2)C3)cc1. The van der Waals surface area contributed by atoms with Crippen LogP contribution in [0, 0.1) is 0 Å².